The van der Waals surface area contributed by atoms with Crippen molar-refractivity contribution in [1.29, 1.82) is 0 Å². The molecule has 21 heavy (non-hydrogen) atoms. The average Bonchev–Trinajstić information content (AvgIpc) is 2.54. The Morgan fingerprint density at radius 1 is 1.00 bits per heavy atom. The first kappa shape index (κ1) is 15.9. The predicted molar refractivity (Wildman–Crippen MR) is 94.9 cm³/mol. The van der Waals surface area contributed by atoms with E-state index in [1.54, 1.807) is 0 Å². The van der Waals surface area contributed by atoms with E-state index in [0.29, 0.717) is 0 Å². The van der Waals surface area contributed by atoms with E-state index in [1.807, 2.05) is 11.8 Å². The van der Waals surface area contributed by atoms with Gasteiger partial charge in [0.05, 0.1) is 0 Å². The fourth-order valence-electron chi connectivity index (χ4n) is 2.35. The topological polar surface area (TPSA) is 29.3 Å². The molecule has 0 bridgehead atoms. The van der Waals surface area contributed by atoms with Gasteiger partial charge in [0.15, 0.2) is 0 Å². The molecule has 0 aliphatic heterocycles. The predicted octanol–water partition coefficient (Wildman–Crippen LogP) is 3.77. The third kappa shape index (κ3) is 5.44. The summed E-state index contributed by atoms with van der Waals surface area (Å²) < 4.78 is 0. The maximum absolute atomic E-state index is 6.30. The van der Waals surface area contributed by atoms with E-state index in [0.717, 1.165) is 25.3 Å². The molecule has 0 heterocycles. The number of anilines is 1. The third-order valence-electron chi connectivity index (χ3n) is 3.49. The Kier molecular flexibility index (Phi) is 6.64. The van der Waals surface area contributed by atoms with Crippen LogP contribution in [0, 0.1) is 0 Å². The first-order valence-corrected chi connectivity index (χ1v) is 8.77. The van der Waals surface area contributed by atoms with E-state index in [-0.39, 0.29) is 6.04 Å². The second-order valence-corrected chi connectivity index (χ2v) is 6.23. The van der Waals surface area contributed by atoms with Crippen LogP contribution in [0.2, 0.25) is 0 Å². The van der Waals surface area contributed by atoms with Gasteiger partial charge >= 0.3 is 0 Å². The second-order valence-electron chi connectivity index (χ2n) is 5.24. The minimum atomic E-state index is 0.210. The lowest BCUT2D eigenvalue weighted by Gasteiger charge is -2.28. The van der Waals surface area contributed by atoms with E-state index in [1.165, 1.54) is 11.3 Å². The van der Waals surface area contributed by atoms with Gasteiger partial charge in [-0.1, -0.05) is 48.5 Å². The monoisotopic (exact) mass is 300 g/mol. The fourth-order valence-corrected chi connectivity index (χ4v) is 2.89. The molecule has 0 radical (unpaired) electrons. The molecule has 0 spiro atoms. The van der Waals surface area contributed by atoms with E-state index in [2.05, 4.69) is 71.8 Å². The van der Waals surface area contributed by atoms with Gasteiger partial charge in [-0.15, -0.1) is 0 Å². The lowest BCUT2D eigenvalue weighted by molar-refractivity contribution is 0.618. The maximum Gasteiger partial charge on any atom is 0.0430 e. The molecule has 2 aromatic carbocycles. The standard InChI is InChI=1S/C18H24N2S/c1-21-13-12-17(19)15-20(18-10-6-3-7-11-18)14-16-8-4-2-5-9-16/h2-11,17H,12-15,19H2,1H3/t17-/m0/s1. The van der Waals surface area contributed by atoms with Crippen LogP contribution in [0.1, 0.15) is 12.0 Å². The largest absolute Gasteiger partial charge is 0.366 e. The summed E-state index contributed by atoms with van der Waals surface area (Å²) in [6.45, 7) is 1.79. The number of thioether (sulfide) groups is 1. The molecule has 1 atom stereocenters. The van der Waals surface area contributed by atoms with Crippen LogP contribution < -0.4 is 10.6 Å². The van der Waals surface area contributed by atoms with Gasteiger partial charge in [0.25, 0.3) is 0 Å². The Hall–Kier alpha value is -1.45. The summed E-state index contributed by atoms with van der Waals surface area (Å²) in [6.07, 6.45) is 3.19. The number of hydrogen-bond acceptors (Lipinski definition) is 3. The molecular formula is C18H24N2S. The zero-order chi connectivity index (χ0) is 14.9. The normalized spacial score (nSPS) is 12.1. The van der Waals surface area contributed by atoms with Crippen molar-refractivity contribution in [2.45, 2.75) is 19.0 Å². The Balaban J connectivity index is 2.07. The van der Waals surface area contributed by atoms with Crippen molar-refractivity contribution in [3.63, 3.8) is 0 Å². The molecule has 0 aliphatic carbocycles. The Morgan fingerprint density at radius 2 is 1.62 bits per heavy atom. The molecule has 112 valence electrons. The first-order chi connectivity index (χ1) is 10.3. The number of para-hydroxylation sites is 1. The zero-order valence-corrected chi connectivity index (χ0v) is 13.4. The summed E-state index contributed by atoms with van der Waals surface area (Å²) in [6, 6.07) is 21.3. The average molecular weight is 300 g/mol. The highest BCUT2D eigenvalue weighted by atomic mass is 32.2. The Morgan fingerprint density at radius 3 is 2.24 bits per heavy atom. The number of rotatable bonds is 8. The maximum atomic E-state index is 6.30. The van der Waals surface area contributed by atoms with E-state index in [4.69, 9.17) is 5.73 Å². The molecule has 0 saturated carbocycles. The lowest BCUT2D eigenvalue weighted by atomic mass is 10.1. The molecule has 2 rings (SSSR count). The van der Waals surface area contributed by atoms with E-state index >= 15 is 0 Å². The fraction of sp³-hybridized carbons (Fsp3) is 0.333. The molecule has 0 fully saturated rings. The van der Waals surface area contributed by atoms with E-state index in [9.17, 15) is 0 Å². The van der Waals surface area contributed by atoms with Gasteiger partial charge < -0.3 is 10.6 Å². The SMILES string of the molecule is CSCC[C@H](N)CN(Cc1ccccc1)c1ccccc1. The van der Waals surface area contributed by atoms with Gasteiger partial charge in [-0.2, -0.15) is 11.8 Å². The van der Waals surface area contributed by atoms with Crippen molar-refractivity contribution >= 4 is 17.4 Å². The van der Waals surface area contributed by atoms with Crippen molar-refractivity contribution in [2.24, 2.45) is 5.73 Å². The first-order valence-electron chi connectivity index (χ1n) is 7.38. The summed E-state index contributed by atoms with van der Waals surface area (Å²) >= 11 is 1.86. The minimum Gasteiger partial charge on any atom is -0.366 e. The van der Waals surface area contributed by atoms with Gasteiger partial charge in [-0.05, 0) is 36.1 Å². The summed E-state index contributed by atoms with van der Waals surface area (Å²) in [7, 11) is 0. The highest BCUT2D eigenvalue weighted by molar-refractivity contribution is 7.98. The number of hydrogen-bond donors (Lipinski definition) is 1. The summed E-state index contributed by atoms with van der Waals surface area (Å²) in [4.78, 5) is 2.38. The minimum absolute atomic E-state index is 0.210. The van der Waals surface area contributed by atoms with Crippen LogP contribution in [0.3, 0.4) is 0 Å². The second kappa shape index (κ2) is 8.75. The Bertz CT molecular complexity index is 501. The summed E-state index contributed by atoms with van der Waals surface area (Å²) in [5.74, 6) is 1.12. The molecular weight excluding hydrogens is 276 g/mol. The number of benzene rings is 2. The van der Waals surface area contributed by atoms with Gasteiger partial charge in [0.2, 0.25) is 0 Å². The zero-order valence-electron chi connectivity index (χ0n) is 12.6. The molecule has 0 aliphatic rings. The van der Waals surface area contributed by atoms with Crippen molar-refractivity contribution in [1.82, 2.24) is 0 Å². The quantitative estimate of drug-likeness (QED) is 0.804. The molecule has 0 saturated heterocycles. The van der Waals surface area contributed by atoms with Crippen LogP contribution >= 0.6 is 11.8 Å². The molecule has 0 aromatic heterocycles. The van der Waals surface area contributed by atoms with Crippen molar-refractivity contribution < 1.29 is 0 Å². The van der Waals surface area contributed by atoms with Crippen LogP contribution in [-0.4, -0.2) is 24.6 Å². The smallest absolute Gasteiger partial charge is 0.0430 e. The number of nitrogens with zero attached hydrogens (tertiary/aromatic N) is 1. The van der Waals surface area contributed by atoms with Crippen molar-refractivity contribution in [2.75, 3.05) is 23.5 Å². The molecule has 2 nitrogen and oxygen atoms in total. The highest BCUT2D eigenvalue weighted by Crippen LogP contribution is 2.17. The molecule has 2 N–H and O–H groups in total. The molecule has 3 heteroatoms. The Labute approximate surface area is 132 Å². The lowest BCUT2D eigenvalue weighted by Crippen LogP contribution is -2.37. The molecule has 0 unspecified atom stereocenters. The van der Waals surface area contributed by atoms with Crippen LogP contribution in [0.25, 0.3) is 0 Å². The van der Waals surface area contributed by atoms with Crippen molar-refractivity contribution in [3.05, 3.63) is 66.2 Å². The van der Waals surface area contributed by atoms with Gasteiger partial charge in [-0.25, -0.2) is 0 Å². The summed E-state index contributed by atoms with van der Waals surface area (Å²) in [5, 5.41) is 0. The molecule has 2 aromatic rings. The third-order valence-corrected chi connectivity index (χ3v) is 4.13. The van der Waals surface area contributed by atoms with Crippen LogP contribution in [0.4, 0.5) is 5.69 Å². The van der Waals surface area contributed by atoms with Crippen LogP contribution in [0.15, 0.2) is 60.7 Å². The van der Waals surface area contributed by atoms with Crippen LogP contribution in [-0.2, 0) is 6.54 Å². The van der Waals surface area contributed by atoms with Crippen molar-refractivity contribution in [3.8, 4) is 0 Å². The summed E-state index contributed by atoms with van der Waals surface area (Å²) in [5.41, 5.74) is 8.85. The number of nitrogens with two attached hydrogens (primary N) is 1. The highest BCUT2D eigenvalue weighted by Gasteiger charge is 2.11. The van der Waals surface area contributed by atoms with Crippen LogP contribution in [0.5, 0.6) is 0 Å². The van der Waals surface area contributed by atoms with Gasteiger partial charge in [-0.3, -0.25) is 0 Å². The molecule has 0 amide bonds. The van der Waals surface area contributed by atoms with Gasteiger partial charge in [0.1, 0.15) is 0 Å². The van der Waals surface area contributed by atoms with Gasteiger partial charge in [0, 0.05) is 24.8 Å². The van der Waals surface area contributed by atoms with E-state index < -0.39 is 0 Å².